The molecule has 0 aromatic heterocycles. The van der Waals surface area contributed by atoms with Gasteiger partial charge in [-0.1, -0.05) is 168 Å². The number of anilines is 6. The van der Waals surface area contributed by atoms with E-state index in [4.69, 9.17) is 8.22 Å². The highest BCUT2D eigenvalue weighted by Crippen LogP contribution is 2.51. The molecule has 0 aliphatic heterocycles. The van der Waals surface area contributed by atoms with E-state index < -0.39 is 72.1 Å². The standard InChI is InChI=1S/C72H58F2N2/c1-43-19-23-47(5)57(35-43)61-39-65(73)69(41-63(61)59-37-45(3)21-25-49(59)7)75(53-15-11-9-12-16-53)67-33-29-51-28-32-56-68(34-30-52-27-31-55(67)71(51)72(52)56)76(54-17-13-10-14-18-54)70-42-64(60-38-46(4)22-26-50(60)8)62(40-66(70)74)58-36-44(2)20-24-48(58)6/h9-42H,1-8H3/i9D,10D,11D,12D,13D,14D,15D,16D,17D,18D. The number of hydrogen-bond donors (Lipinski definition) is 0. The molecule has 0 unspecified atom stereocenters. The van der Waals surface area contributed by atoms with Gasteiger partial charge in [0.25, 0.3) is 0 Å². The zero-order chi connectivity index (χ0) is 61.2. The van der Waals surface area contributed by atoms with Gasteiger partial charge in [0.1, 0.15) is 11.6 Å². The molecule has 12 rings (SSSR count). The molecule has 12 aromatic carbocycles. The highest BCUT2D eigenvalue weighted by molar-refractivity contribution is 6.28. The third-order valence-electron chi connectivity index (χ3n) is 14.9. The summed E-state index contributed by atoms with van der Waals surface area (Å²) in [6, 6.07) is 39.1. The summed E-state index contributed by atoms with van der Waals surface area (Å²) in [5.74, 6) is -1.45. The van der Waals surface area contributed by atoms with Crippen LogP contribution in [0.25, 0.3) is 76.8 Å². The average molecular weight is 999 g/mol. The summed E-state index contributed by atoms with van der Waals surface area (Å²) in [6.45, 7) is 15.8. The predicted octanol–water partition coefficient (Wildman–Crippen LogP) is 20.9. The normalized spacial score (nSPS) is 13.4. The van der Waals surface area contributed by atoms with E-state index in [1.165, 1.54) is 21.9 Å². The lowest BCUT2D eigenvalue weighted by Gasteiger charge is -2.30. The molecule has 0 radical (unpaired) electrons. The zero-order valence-corrected chi connectivity index (χ0v) is 43.5. The van der Waals surface area contributed by atoms with Gasteiger partial charge in [-0.15, -0.1) is 0 Å². The van der Waals surface area contributed by atoms with E-state index >= 15 is 8.78 Å². The fourth-order valence-corrected chi connectivity index (χ4v) is 11.1. The molecule has 0 bridgehead atoms. The Hall–Kier alpha value is -8.86. The molecule has 4 heteroatoms. The molecule has 0 fully saturated rings. The van der Waals surface area contributed by atoms with Gasteiger partial charge in [-0.3, -0.25) is 0 Å². The third kappa shape index (κ3) is 8.35. The lowest BCUT2D eigenvalue weighted by atomic mass is 9.87. The van der Waals surface area contributed by atoms with Crippen molar-refractivity contribution >= 4 is 66.4 Å². The van der Waals surface area contributed by atoms with E-state index in [1.54, 1.807) is 24.3 Å². The van der Waals surface area contributed by atoms with E-state index in [0.29, 0.717) is 54.6 Å². The molecule has 0 heterocycles. The van der Waals surface area contributed by atoms with Gasteiger partial charge in [-0.2, -0.15) is 0 Å². The average Bonchev–Trinajstić information content (AvgIpc) is 0.771. The first-order chi connectivity index (χ1) is 40.9. The lowest BCUT2D eigenvalue weighted by Crippen LogP contribution is -2.14. The largest absolute Gasteiger partial charge is 0.307 e. The summed E-state index contributed by atoms with van der Waals surface area (Å²) in [7, 11) is 0. The molecule has 0 aliphatic rings. The highest BCUT2D eigenvalue weighted by Gasteiger charge is 2.27. The van der Waals surface area contributed by atoms with E-state index in [0.717, 1.165) is 66.8 Å². The number of nitrogens with zero attached hydrogens (tertiary/aromatic N) is 2. The van der Waals surface area contributed by atoms with Crippen LogP contribution in [-0.4, -0.2) is 0 Å². The molecule has 12 aromatic rings. The Morgan fingerprint density at radius 3 is 0.934 bits per heavy atom. The highest BCUT2D eigenvalue weighted by atomic mass is 19.1. The van der Waals surface area contributed by atoms with Gasteiger partial charge in [0.15, 0.2) is 0 Å². The first kappa shape index (κ1) is 37.8. The third-order valence-corrected chi connectivity index (χ3v) is 14.9. The number of aryl methyl sites for hydroxylation is 8. The second kappa shape index (κ2) is 19.1. The van der Waals surface area contributed by atoms with Gasteiger partial charge in [0.2, 0.25) is 0 Å². The van der Waals surface area contributed by atoms with Gasteiger partial charge in [0, 0.05) is 22.1 Å². The Labute approximate surface area is 459 Å². The minimum atomic E-state index is -0.727. The minimum absolute atomic E-state index is 0.0870. The molecule has 0 N–H and O–H groups in total. The monoisotopic (exact) mass is 999 g/mol. The van der Waals surface area contributed by atoms with E-state index in [9.17, 15) is 5.48 Å². The summed E-state index contributed by atoms with van der Waals surface area (Å²) in [5.41, 5.74) is 13.0. The maximum Gasteiger partial charge on any atom is 0.147 e. The quantitative estimate of drug-likeness (QED) is 0.126. The van der Waals surface area contributed by atoms with Crippen LogP contribution in [0.5, 0.6) is 0 Å². The number of halogens is 2. The fraction of sp³-hybridized carbons (Fsp3) is 0.111. The lowest BCUT2D eigenvalue weighted by molar-refractivity contribution is 0.629. The van der Waals surface area contributed by atoms with Crippen molar-refractivity contribution in [3.63, 3.8) is 0 Å². The number of rotatable bonds is 10. The molecule has 0 amide bonds. The molecule has 0 aliphatic carbocycles. The van der Waals surface area contributed by atoms with Crippen molar-refractivity contribution in [1.82, 2.24) is 0 Å². The SMILES string of the molecule is [2H]c1c([2H])c([2H])c(N(c2cc(-c3cc(C)ccc3C)c(-c3cc(C)ccc3C)cc2F)c2ccc3ccc4c(N(c5cc(-c6cc(C)ccc6C)c(-c6cc(C)ccc6C)cc5F)c5c([2H])c([2H])c([2H])c([2H])c5[2H])ccc5ccc2c3c54)c([2H])c1[2H]. The van der Waals surface area contributed by atoms with E-state index in [-0.39, 0.29) is 34.1 Å². The van der Waals surface area contributed by atoms with Gasteiger partial charge < -0.3 is 9.80 Å². The minimum Gasteiger partial charge on any atom is -0.307 e. The van der Waals surface area contributed by atoms with Crippen molar-refractivity contribution in [2.24, 2.45) is 0 Å². The van der Waals surface area contributed by atoms with Crippen LogP contribution in [0.3, 0.4) is 0 Å². The first-order valence-electron chi connectivity index (χ1n) is 30.4. The molecule has 0 saturated heterocycles. The Kier molecular flexibility index (Phi) is 9.51. The van der Waals surface area contributed by atoms with Crippen LogP contribution in [0.2, 0.25) is 0 Å². The van der Waals surface area contributed by atoms with Crippen LogP contribution in [0.15, 0.2) is 206 Å². The number of para-hydroxylation sites is 2. The Balaban J connectivity index is 1.18. The van der Waals surface area contributed by atoms with Crippen LogP contribution in [0.4, 0.5) is 42.9 Å². The van der Waals surface area contributed by atoms with Gasteiger partial charge in [0.05, 0.1) is 36.5 Å². The van der Waals surface area contributed by atoms with Crippen molar-refractivity contribution in [2.45, 2.75) is 55.4 Å². The predicted molar refractivity (Wildman–Crippen MR) is 319 cm³/mol. The molecule has 0 atom stereocenters. The number of hydrogen-bond acceptors (Lipinski definition) is 2. The Morgan fingerprint density at radius 2 is 0.605 bits per heavy atom. The fourth-order valence-electron chi connectivity index (χ4n) is 11.1. The van der Waals surface area contributed by atoms with Crippen molar-refractivity contribution in [2.75, 3.05) is 9.80 Å². The Bertz CT molecular complexity index is 4500. The molecular formula is C72H58F2N2. The summed E-state index contributed by atoms with van der Waals surface area (Å²) in [6.07, 6.45) is 0. The van der Waals surface area contributed by atoms with E-state index in [2.05, 4.69) is 0 Å². The first-order valence-corrected chi connectivity index (χ1v) is 25.4. The van der Waals surface area contributed by atoms with Gasteiger partial charge in [-0.05, 0) is 204 Å². The van der Waals surface area contributed by atoms with Crippen molar-refractivity contribution in [1.29, 1.82) is 0 Å². The van der Waals surface area contributed by atoms with Gasteiger partial charge >= 0.3 is 0 Å². The molecule has 370 valence electrons. The second-order valence-corrected chi connectivity index (χ2v) is 20.2. The molecule has 0 spiro atoms. The van der Waals surface area contributed by atoms with Crippen molar-refractivity contribution in [3.05, 3.63) is 262 Å². The smallest absolute Gasteiger partial charge is 0.147 e. The van der Waals surface area contributed by atoms with Gasteiger partial charge in [-0.25, -0.2) is 8.78 Å². The van der Waals surface area contributed by atoms with E-state index in [1.807, 2.05) is 165 Å². The van der Waals surface area contributed by atoms with Crippen LogP contribution in [0.1, 0.15) is 58.2 Å². The van der Waals surface area contributed by atoms with Crippen LogP contribution in [0, 0.1) is 67.0 Å². The molecular weight excluding hydrogens is 931 g/mol. The maximum absolute atomic E-state index is 18.2. The van der Waals surface area contributed by atoms with Crippen LogP contribution >= 0.6 is 0 Å². The summed E-state index contributed by atoms with van der Waals surface area (Å²) in [4.78, 5) is 2.84. The topological polar surface area (TPSA) is 6.48 Å². The van der Waals surface area contributed by atoms with Crippen molar-refractivity contribution < 1.29 is 22.5 Å². The number of benzene rings is 12. The molecule has 76 heavy (non-hydrogen) atoms. The maximum atomic E-state index is 18.2. The molecule has 0 saturated carbocycles. The van der Waals surface area contributed by atoms with Crippen LogP contribution in [-0.2, 0) is 0 Å². The van der Waals surface area contributed by atoms with Crippen molar-refractivity contribution in [3.8, 4) is 44.5 Å². The summed E-state index contributed by atoms with van der Waals surface area (Å²) in [5, 5.41) is 3.62. The summed E-state index contributed by atoms with van der Waals surface area (Å²) < 4.78 is 128. The molecule has 2 nitrogen and oxygen atoms in total. The Morgan fingerprint density at radius 1 is 0.303 bits per heavy atom. The van der Waals surface area contributed by atoms with Crippen LogP contribution < -0.4 is 9.80 Å². The zero-order valence-electron chi connectivity index (χ0n) is 53.5. The summed E-state index contributed by atoms with van der Waals surface area (Å²) >= 11 is 0. The second-order valence-electron chi connectivity index (χ2n) is 20.2.